The monoisotopic (exact) mass is 296 g/mol. The topological polar surface area (TPSA) is 65.5 Å². The summed E-state index contributed by atoms with van der Waals surface area (Å²) in [4.78, 5) is 30.5. The van der Waals surface area contributed by atoms with Gasteiger partial charge in [0, 0.05) is 45.5 Å². The number of aromatic nitrogens is 1. The molecule has 6 nitrogen and oxygen atoms in total. The summed E-state index contributed by atoms with van der Waals surface area (Å²) in [5.41, 5.74) is 0.940. The molecule has 0 saturated carbocycles. The summed E-state index contributed by atoms with van der Waals surface area (Å²) in [6.07, 6.45) is 3.32. The van der Waals surface area contributed by atoms with Crippen LogP contribution in [0.2, 0.25) is 5.02 Å². The van der Waals surface area contributed by atoms with Crippen LogP contribution >= 0.6 is 11.6 Å². The Bertz CT molecular complexity index is 501. The number of amides is 2. The quantitative estimate of drug-likeness (QED) is 0.883. The van der Waals surface area contributed by atoms with E-state index in [1.165, 1.54) is 6.92 Å². The first kappa shape index (κ1) is 14.6. The van der Waals surface area contributed by atoms with E-state index < -0.39 is 0 Å². The second-order valence-corrected chi connectivity index (χ2v) is 5.01. The van der Waals surface area contributed by atoms with Gasteiger partial charge < -0.3 is 15.1 Å². The van der Waals surface area contributed by atoms with E-state index in [-0.39, 0.29) is 18.4 Å². The first-order valence-corrected chi connectivity index (χ1v) is 6.82. The molecular weight excluding hydrogens is 280 g/mol. The summed E-state index contributed by atoms with van der Waals surface area (Å²) in [7, 11) is 0. The molecule has 1 saturated heterocycles. The largest absolute Gasteiger partial charge is 0.367 e. The van der Waals surface area contributed by atoms with Crippen LogP contribution in [0.15, 0.2) is 18.5 Å². The van der Waals surface area contributed by atoms with Crippen molar-refractivity contribution in [3.05, 3.63) is 23.5 Å². The normalized spacial score (nSPS) is 15.1. The van der Waals surface area contributed by atoms with Crippen molar-refractivity contribution in [1.82, 2.24) is 15.2 Å². The average Bonchev–Trinajstić information content (AvgIpc) is 2.45. The number of carbonyl (C=O) groups is 2. The molecule has 1 fully saturated rings. The van der Waals surface area contributed by atoms with Crippen molar-refractivity contribution in [2.24, 2.45) is 0 Å². The summed E-state index contributed by atoms with van der Waals surface area (Å²) in [6.45, 7) is 4.14. The maximum atomic E-state index is 11.9. The molecule has 1 N–H and O–H groups in total. The van der Waals surface area contributed by atoms with Gasteiger partial charge in [-0.3, -0.25) is 14.6 Å². The molecular formula is C13H17ClN4O2. The van der Waals surface area contributed by atoms with Crippen molar-refractivity contribution >= 4 is 29.1 Å². The van der Waals surface area contributed by atoms with Gasteiger partial charge in [-0.05, 0) is 6.07 Å². The minimum atomic E-state index is -0.194. The molecule has 0 bridgehead atoms. The molecule has 0 radical (unpaired) electrons. The third-order valence-electron chi connectivity index (χ3n) is 3.21. The molecule has 0 aromatic carbocycles. The Labute approximate surface area is 122 Å². The van der Waals surface area contributed by atoms with Crippen LogP contribution in [-0.4, -0.2) is 54.4 Å². The van der Waals surface area contributed by atoms with Gasteiger partial charge in [0.25, 0.3) is 0 Å². The molecule has 2 amide bonds. The molecule has 1 aromatic rings. The average molecular weight is 297 g/mol. The first-order valence-electron chi connectivity index (χ1n) is 6.44. The van der Waals surface area contributed by atoms with E-state index in [1.54, 1.807) is 17.3 Å². The van der Waals surface area contributed by atoms with Crippen LogP contribution in [0.1, 0.15) is 6.92 Å². The number of anilines is 1. The van der Waals surface area contributed by atoms with Crippen LogP contribution in [0, 0.1) is 0 Å². The summed E-state index contributed by atoms with van der Waals surface area (Å²) in [5.74, 6) is -0.249. The van der Waals surface area contributed by atoms with Crippen LogP contribution in [0.25, 0.3) is 0 Å². The minimum absolute atomic E-state index is 0.0549. The first-order chi connectivity index (χ1) is 9.58. The molecule has 0 spiro atoms. The number of carbonyl (C=O) groups excluding carboxylic acids is 2. The van der Waals surface area contributed by atoms with Crippen molar-refractivity contribution in [3.63, 3.8) is 0 Å². The second-order valence-electron chi connectivity index (χ2n) is 4.60. The Hall–Kier alpha value is -1.82. The number of piperazine rings is 1. The predicted molar refractivity (Wildman–Crippen MR) is 76.7 cm³/mol. The van der Waals surface area contributed by atoms with E-state index in [2.05, 4.69) is 15.2 Å². The van der Waals surface area contributed by atoms with Gasteiger partial charge in [0.15, 0.2) is 0 Å². The smallest absolute Gasteiger partial charge is 0.242 e. The maximum Gasteiger partial charge on any atom is 0.242 e. The maximum absolute atomic E-state index is 11.9. The third kappa shape index (κ3) is 3.60. The Kier molecular flexibility index (Phi) is 4.79. The number of hydrogen-bond donors (Lipinski definition) is 1. The fraction of sp³-hybridized carbons (Fsp3) is 0.462. The number of hydrogen-bond acceptors (Lipinski definition) is 4. The Balaban J connectivity index is 1.88. The molecule has 1 aromatic heterocycles. The fourth-order valence-electron chi connectivity index (χ4n) is 2.13. The second kappa shape index (κ2) is 6.56. The van der Waals surface area contributed by atoms with Gasteiger partial charge >= 0.3 is 0 Å². The van der Waals surface area contributed by atoms with Crippen LogP contribution in [0.5, 0.6) is 0 Å². The van der Waals surface area contributed by atoms with Gasteiger partial charge in [-0.2, -0.15) is 0 Å². The molecule has 1 aliphatic heterocycles. The van der Waals surface area contributed by atoms with E-state index in [4.69, 9.17) is 11.6 Å². The van der Waals surface area contributed by atoms with E-state index in [1.807, 2.05) is 6.07 Å². The number of pyridine rings is 1. The molecule has 2 heterocycles. The molecule has 0 aliphatic carbocycles. The highest BCUT2D eigenvalue weighted by Gasteiger charge is 2.22. The lowest BCUT2D eigenvalue weighted by molar-refractivity contribution is -0.132. The van der Waals surface area contributed by atoms with Crippen LogP contribution in [-0.2, 0) is 9.59 Å². The van der Waals surface area contributed by atoms with Crippen molar-refractivity contribution in [1.29, 1.82) is 0 Å². The summed E-state index contributed by atoms with van der Waals surface area (Å²) < 4.78 is 0. The Morgan fingerprint density at radius 3 is 2.65 bits per heavy atom. The van der Waals surface area contributed by atoms with Crippen LogP contribution in [0.4, 0.5) is 5.69 Å². The summed E-state index contributed by atoms with van der Waals surface area (Å²) in [5, 5.41) is 3.14. The Morgan fingerprint density at radius 1 is 1.35 bits per heavy atom. The lowest BCUT2D eigenvalue weighted by Gasteiger charge is -2.36. The molecule has 20 heavy (non-hydrogen) atoms. The number of nitrogens with zero attached hydrogens (tertiary/aromatic N) is 3. The van der Waals surface area contributed by atoms with E-state index in [0.29, 0.717) is 18.1 Å². The highest BCUT2D eigenvalue weighted by Crippen LogP contribution is 2.24. The van der Waals surface area contributed by atoms with Gasteiger partial charge in [-0.1, -0.05) is 11.6 Å². The van der Waals surface area contributed by atoms with Crippen molar-refractivity contribution in [2.75, 3.05) is 37.6 Å². The predicted octanol–water partition coefficient (Wildman–Crippen LogP) is 0.520. The zero-order valence-corrected chi connectivity index (χ0v) is 12.1. The molecule has 1 aliphatic rings. The number of rotatable bonds is 3. The van der Waals surface area contributed by atoms with Gasteiger partial charge in [0.05, 0.1) is 17.3 Å². The number of halogens is 1. The fourth-order valence-corrected chi connectivity index (χ4v) is 2.37. The van der Waals surface area contributed by atoms with Gasteiger partial charge in [0.2, 0.25) is 11.8 Å². The highest BCUT2D eigenvalue weighted by atomic mass is 35.5. The minimum Gasteiger partial charge on any atom is -0.367 e. The van der Waals surface area contributed by atoms with E-state index in [0.717, 1.165) is 18.8 Å². The van der Waals surface area contributed by atoms with E-state index in [9.17, 15) is 9.59 Å². The van der Waals surface area contributed by atoms with E-state index >= 15 is 0 Å². The van der Waals surface area contributed by atoms with Gasteiger partial charge in [-0.15, -0.1) is 0 Å². The molecule has 0 atom stereocenters. The van der Waals surface area contributed by atoms with Crippen molar-refractivity contribution in [2.45, 2.75) is 6.92 Å². The molecule has 108 valence electrons. The Morgan fingerprint density at radius 2 is 2.05 bits per heavy atom. The molecule has 7 heteroatoms. The number of nitrogens with one attached hydrogen (secondary N) is 1. The molecule has 2 rings (SSSR count). The van der Waals surface area contributed by atoms with Crippen molar-refractivity contribution < 1.29 is 9.59 Å². The summed E-state index contributed by atoms with van der Waals surface area (Å²) >= 11 is 6.11. The van der Waals surface area contributed by atoms with Gasteiger partial charge in [0.1, 0.15) is 0 Å². The van der Waals surface area contributed by atoms with Gasteiger partial charge in [-0.25, -0.2) is 0 Å². The summed E-state index contributed by atoms with van der Waals surface area (Å²) in [6, 6.07) is 1.87. The van der Waals surface area contributed by atoms with Crippen molar-refractivity contribution in [3.8, 4) is 0 Å². The lowest BCUT2D eigenvalue weighted by Crippen LogP contribution is -2.51. The zero-order valence-electron chi connectivity index (χ0n) is 11.3. The zero-order chi connectivity index (χ0) is 14.5. The molecule has 0 unspecified atom stereocenters. The SMILES string of the molecule is CC(=O)NCC(=O)N1CCN(c2ccncc2Cl)CC1. The lowest BCUT2D eigenvalue weighted by atomic mass is 10.2. The van der Waals surface area contributed by atoms with Crippen LogP contribution in [0.3, 0.4) is 0 Å². The van der Waals surface area contributed by atoms with Crippen LogP contribution < -0.4 is 10.2 Å². The highest BCUT2D eigenvalue weighted by molar-refractivity contribution is 6.33. The third-order valence-corrected chi connectivity index (χ3v) is 3.50. The standard InChI is InChI=1S/C13H17ClN4O2/c1-10(19)16-9-13(20)18-6-4-17(5-7-18)12-2-3-15-8-11(12)14/h2-3,8H,4-7,9H2,1H3,(H,16,19).